The van der Waals surface area contributed by atoms with Crippen LogP contribution in [0, 0.1) is 24.1 Å². The highest BCUT2D eigenvalue weighted by molar-refractivity contribution is 5.83. The number of fused-ring (bicyclic) bond motifs is 1. The Balaban J connectivity index is 2.09. The third-order valence-corrected chi connectivity index (χ3v) is 3.22. The number of halogens is 1. The molecule has 2 aromatic carbocycles. The minimum Gasteiger partial charge on any atom is -0.337 e. The van der Waals surface area contributed by atoms with Crippen LogP contribution >= 0.6 is 0 Å². The van der Waals surface area contributed by atoms with Crippen molar-refractivity contribution in [3.8, 4) is 6.07 Å². The summed E-state index contributed by atoms with van der Waals surface area (Å²) < 4.78 is 13.9. The van der Waals surface area contributed by atoms with E-state index in [1.807, 2.05) is 31.2 Å². The van der Waals surface area contributed by atoms with Crippen LogP contribution in [0.15, 0.2) is 48.5 Å². The van der Waals surface area contributed by atoms with Crippen LogP contribution in [0.3, 0.4) is 0 Å². The molecule has 0 fully saturated rings. The molecule has 0 aliphatic carbocycles. The Morgan fingerprint density at radius 1 is 1.14 bits per heavy atom. The second kappa shape index (κ2) is 5.22. The number of nitrogens with zero attached hydrogens (tertiary/aromatic N) is 2. The molecule has 21 heavy (non-hydrogen) atoms. The lowest BCUT2D eigenvalue weighted by Gasteiger charge is -2.10. The molecule has 0 aliphatic rings. The Labute approximate surface area is 121 Å². The molecule has 0 saturated heterocycles. The maximum Gasteiger partial charge on any atom is 0.149 e. The molecule has 1 aromatic heterocycles. The van der Waals surface area contributed by atoms with Crippen LogP contribution in [0.1, 0.15) is 11.1 Å². The molecule has 102 valence electrons. The molecular weight excluding hydrogens is 265 g/mol. The predicted molar refractivity (Wildman–Crippen MR) is 80.9 cm³/mol. The lowest BCUT2D eigenvalue weighted by Crippen LogP contribution is -2.00. The fourth-order valence-electron chi connectivity index (χ4n) is 2.15. The molecule has 3 rings (SSSR count). The van der Waals surface area contributed by atoms with Crippen LogP contribution < -0.4 is 5.32 Å². The largest absolute Gasteiger partial charge is 0.337 e. The molecule has 0 amide bonds. The van der Waals surface area contributed by atoms with Crippen molar-refractivity contribution in [2.24, 2.45) is 0 Å². The third-order valence-electron chi connectivity index (χ3n) is 3.22. The van der Waals surface area contributed by atoms with Gasteiger partial charge in [0, 0.05) is 5.39 Å². The summed E-state index contributed by atoms with van der Waals surface area (Å²) in [5.74, 6) is -0.00667. The zero-order valence-corrected chi connectivity index (χ0v) is 11.4. The van der Waals surface area contributed by atoms with Gasteiger partial charge in [-0.2, -0.15) is 5.26 Å². The number of nitrogens with one attached hydrogen (secondary N) is 1. The van der Waals surface area contributed by atoms with Crippen LogP contribution in [0.4, 0.5) is 15.9 Å². The Hall–Kier alpha value is -2.93. The number of anilines is 2. The van der Waals surface area contributed by atoms with Crippen LogP contribution in [-0.2, 0) is 0 Å². The summed E-state index contributed by atoms with van der Waals surface area (Å²) in [6.45, 7) is 1.82. The Morgan fingerprint density at radius 2 is 1.95 bits per heavy atom. The lowest BCUT2D eigenvalue weighted by molar-refractivity contribution is 0.630. The van der Waals surface area contributed by atoms with Gasteiger partial charge in [0.25, 0.3) is 0 Å². The van der Waals surface area contributed by atoms with Gasteiger partial charge < -0.3 is 5.32 Å². The van der Waals surface area contributed by atoms with E-state index in [9.17, 15) is 9.65 Å². The van der Waals surface area contributed by atoms with Crippen molar-refractivity contribution in [1.29, 1.82) is 5.26 Å². The number of pyridine rings is 1. The summed E-state index contributed by atoms with van der Waals surface area (Å²) in [6.07, 6.45) is 0. The maximum absolute atomic E-state index is 13.9. The van der Waals surface area contributed by atoms with Crippen molar-refractivity contribution in [3.63, 3.8) is 0 Å². The topological polar surface area (TPSA) is 48.7 Å². The highest BCUT2D eigenvalue weighted by Crippen LogP contribution is 2.25. The SMILES string of the molecule is Cc1ccc(Nc2nc3ccccc3cc2C#N)c(F)c1. The summed E-state index contributed by atoms with van der Waals surface area (Å²) in [5.41, 5.74) is 2.28. The van der Waals surface area contributed by atoms with E-state index in [2.05, 4.69) is 16.4 Å². The fourth-order valence-corrected chi connectivity index (χ4v) is 2.15. The lowest BCUT2D eigenvalue weighted by atomic mass is 10.1. The number of hydrogen-bond donors (Lipinski definition) is 1. The monoisotopic (exact) mass is 277 g/mol. The Morgan fingerprint density at radius 3 is 2.71 bits per heavy atom. The molecule has 0 bridgehead atoms. The minimum atomic E-state index is -0.367. The number of para-hydroxylation sites is 1. The molecule has 0 unspecified atom stereocenters. The van der Waals surface area contributed by atoms with Gasteiger partial charge in [-0.05, 0) is 36.8 Å². The van der Waals surface area contributed by atoms with Crippen LogP contribution in [0.2, 0.25) is 0 Å². The van der Waals surface area contributed by atoms with Gasteiger partial charge in [-0.3, -0.25) is 0 Å². The molecule has 3 aromatic rings. The van der Waals surface area contributed by atoms with Gasteiger partial charge in [0.1, 0.15) is 17.7 Å². The van der Waals surface area contributed by atoms with Crippen LogP contribution in [0.5, 0.6) is 0 Å². The first-order chi connectivity index (χ1) is 10.2. The van der Waals surface area contributed by atoms with Crippen molar-refractivity contribution >= 4 is 22.4 Å². The van der Waals surface area contributed by atoms with E-state index in [0.29, 0.717) is 17.1 Å². The van der Waals surface area contributed by atoms with Crippen molar-refractivity contribution in [1.82, 2.24) is 4.98 Å². The van der Waals surface area contributed by atoms with Gasteiger partial charge in [-0.25, -0.2) is 9.37 Å². The highest BCUT2D eigenvalue weighted by Gasteiger charge is 2.09. The number of nitriles is 1. The van der Waals surface area contributed by atoms with Gasteiger partial charge >= 0.3 is 0 Å². The zero-order chi connectivity index (χ0) is 14.8. The molecule has 3 nitrogen and oxygen atoms in total. The van der Waals surface area contributed by atoms with E-state index in [0.717, 1.165) is 16.5 Å². The predicted octanol–water partition coefficient (Wildman–Crippen LogP) is 4.30. The molecular formula is C17H12FN3. The van der Waals surface area contributed by atoms with Gasteiger partial charge in [0.05, 0.1) is 16.8 Å². The summed E-state index contributed by atoms with van der Waals surface area (Å²) >= 11 is 0. The molecule has 0 aliphatic heterocycles. The van der Waals surface area contributed by atoms with E-state index in [4.69, 9.17) is 0 Å². The first-order valence-electron chi connectivity index (χ1n) is 6.50. The van der Waals surface area contributed by atoms with Gasteiger partial charge in [-0.15, -0.1) is 0 Å². The normalized spacial score (nSPS) is 10.3. The van der Waals surface area contributed by atoms with E-state index in [-0.39, 0.29) is 5.82 Å². The third kappa shape index (κ3) is 2.54. The smallest absolute Gasteiger partial charge is 0.149 e. The summed E-state index contributed by atoms with van der Waals surface area (Å²) in [5, 5.41) is 13.0. The molecule has 4 heteroatoms. The number of hydrogen-bond acceptors (Lipinski definition) is 3. The average Bonchev–Trinajstić information content (AvgIpc) is 2.49. The molecule has 0 radical (unpaired) electrons. The van der Waals surface area contributed by atoms with E-state index < -0.39 is 0 Å². The molecule has 1 N–H and O–H groups in total. The molecule has 0 spiro atoms. The number of aromatic nitrogens is 1. The maximum atomic E-state index is 13.9. The molecule has 0 atom stereocenters. The summed E-state index contributed by atoms with van der Waals surface area (Å²) in [4.78, 5) is 4.40. The van der Waals surface area contributed by atoms with Crippen molar-refractivity contribution in [2.45, 2.75) is 6.92 Å². The van der Waals surface area contributed by atoms with E-state index in [1.165, 1.54) is 6.07 Å². The molecule has 1 heterocycles. The summed E-state index contributed by atoms with van der Waals surface area (Å²) in [6, 6.07) is 16.2. The highest BCUT2D eigenvalue weighted by atomic mass is 19.1. The first kappa shape index (κ1) is 13.1. The average molecular weight is 277 g/mol. The first-order valence-corrected chi connectivity index (χ1v) is 6.50. The standard InChI is InChI=1S/C17H12FN3/c1-11-6-7-16(14(18)8-11)21-17-13(10-19)9-12-4-2-3-5-15(12)20-17/h2-9H,1H3,(H,20,21). The number of aryl methyl sites for hydroxylation is 1. The van der Waals surface area contributed by atoms with Gasteiger partial charge in [0.15, 0.2) is 0 Å². The minimum absolute atomic E-state index is 0.305. The molecule has 0 saturated carbocycles. The Kier molecular flexibility index (Phi) is 3.25. The summed E-state index contributed by atoms with van der Waals surface area (Å²) in [7, 11) is 0. The van der Waals surface area contributed by atoms with E-state index in [1.54, 1.807) is 18.2 Å². The van der Waals surface area contributed by atoms with Gasteiger partial charge in [0.2, 0.25) is 0 Å². The van der Waals surface area contributed by atoms with Crippen molar-refractivity contribution in [3.05, 3.63) is 65.5 Å². The quantitative estimate of drug-likeness (QED) is 0.759. The van der Waals surface area contributed by atoms with E-state index >= 15 is 0 Å². The second-order valence-corrected chi connectivity index (χ2v) is 4.80. The van der Waals surface area contributed by atoms with Gasteiger partial charge in [-0.1, -0.05) is 24.3 Å². The Bertz CT molecular complexity index is 866. The second-order valence-electron chi connectivity index (χ2n) is 4.80. The van der Waals surface area contributed by atoms with Crippen LogP contribution in [0.25, 0.3) is 10.9 Å². The van der Waals surface area contributed by atoms with Crippen molar-refractivity contribution < 1.29 is 4.39 Å². The van der Waals surface area contributed by atoms with Crippen molar-refractivity contribution in [2.75, 3.05) is 5.32 Å². The number of rotatable bonds is 2. The fraction of sp³-hybridized carbons (Fsp3) is 0.0588. The number of benzene rings is 2. The zero-order valence-electron chi connectivity index (χ0n) is 11.4. The van der Waals surface area contributed by atoms with Crippen LogP contribution in [-0.4, -0.2) is 4.98 Å².